The van der Waals surface area contributed by atoms with Crippen molar-refractivity contribution in [3.8, 4) is 6.07 Å². The smallest absolute Gasteiger partial charge is 0.321 e. The molecular formula is C22H21FN6OS. The van der Waals surface area contributed by atoms with Crippen molar-refractivity contribution in [2.24, 2.45) is 0 Å². The third kappa shape index (κ3) is 5.35. The molecule has 7 nitrogen and oxygen atoms in total. The van der Waals surface area contributed by atoms with Crippen molar-refractivity contribution >= 4 is 28.4 Å². The van der Waals surface area contributed by atoms with Gasteiger partial charge in [0.05, 0.1) is 11.6 Å². The fraction of sp³-hybridized carbons (Fsp3) is 0.273. The molecule has 4 rings (SSSR count). The van der Waals surface area contributed by atoms with E-state index in [2.05, 4.69) is 25.6 Å². The SMILES string of the molecule is N#Cc1cccc(NC(=O)N2CCCN(c3nc(Cc4ccc(F)cc4)ns3)CC2)c1. The van der Waals surface area contributed by atoms with Crippen LogP contribution in [0.5, 0.6) is 0 Å². The summed E-state index contributed by atoms with van der Waals surface area (Å²) in [5, 5.41) is 12.7. The van der Waals surface area contributed by atoms with Crippen LogP contribution < -0.4 is 10.2 Å². The highest BCUT2D eigenvalue weighted by Crippen LogP contribution is 2.21. The van der Waals surface area contributed by atoms with E-state index in [0.29, 0.717) is 43.1 Å². The predicted molar refractivity (Wildman–Crippen MR) is 118 cm³/mol. The maximum absolute atomic E-state index is 13.1. The van der Waals surface area contributed by atoms with Gasteiger partial charge in [0.25, 0.3) is 0 Å². The van der Waals surface area contributed by atoms with Gasteiger partial charge in [-0.15, -0.1) is 0 Å². The number of nitriles is 1. The third-order valence-corrected chi connectivity index (χ3v) is 5.84. The number of nitrogens with zero attached hydrogens (tertiary/aromatic N) is 5. The van der Waals surface area contributed by atoms with Gasteiger partial charge in [0.2, 0.25) is 5.13 Å². The lowest BCUT2D eigenvalue weighted by atomic mass is 10.1. The Hall–Kier alpha value is -3.51. The Bertz CT molecular complexity index is 1090. The first kappa shape index (κ1) is 20.8. The second-order valence-electron chi connectivity index (χ2n) is 7.25. The molecule has 9 heteroatoms. The van der Waals surface area contributed by atoms with Crippen LogP contribution in [0.1, 0.15) is 23.4 Å². The molecule has 0 aliphatic carbocycles. The number of halogens is 1. The van der Waals surface area contributed by atoms with Crippen LogP contribution in [-0.2, 0) is 6.42 Å². The lowest BCUT2D eigenvalue weighted by Crippen LogP contribution is -2.38. The highest BCUT2D eigenvalue weighted by molar-refractivity contribution is 7.09. The van der Waals surface area contributed by atoms with Crippen LogP contribution in [0.3, 0.4) is 0 Å². The Kier molecular flexibility index (Phi) is 6.38. The Morgan fingerprint density at radius 1 is 1.16 bits per heavy atom. The summed E-state index contributed by atoms with van der Waals surface area (Å²) in [6.07, 6.45) is 1.37. The van der Waals surface area contributed by atoms with Gasteiger partial charge in [0.15, 0.2) is 0 Å². The number of hydrogen-bond acceptors (Lipinski definition) is 6. The van der Waals surface area contributed by atoms with E-state index in [1.165, 1.54) is 23.7 Å². The fourth-order valence-electron chi connectivity index (χ4n) is 3.41. The first-order valence-electron chi connectivity index (χ1n) is 9.99. The summed E-state index contributed by atoms with van der Waals surface area (Å²) in [5.74, 6) is 0.453. The molecule has 0 spiro atoms. The maximum atomic E-state index is 13.1. The van der Waals surface area contributed by atoms with Gasteiger partial charge in [-0.2, -0.15) is 9.64 Å². The third-order valence-electron chi connectivity index (χ3n) is 5.03. The number of aromatic nitrogens is 2. The molecule has 2 heterocycles. The second-order valence-corrected chi connectivity index (χ2v) is 7.98. The summed E-state index contributed by atoms with van der Waals surface area (Å²) >= 11 is 1.35. The molecule has 1 saturated heterocycles. The van der Waals surface area contributed by atoms with E-state index in [1.807, 2.05) is 0 Å². The summed E-state index contributed by atoms with van der Waals surface area (Å²) in [6.45, 7) is 2.66. The van der Waals surface area contributed by atoms with Crippen molar-refractivity contribution in [2.75, 3.05) is 36.4 Å². The number of carbonyl (C=O) groups is 1. The molecule has 0 atom stereocenters. The van der Waals surface area contributed by atoms with Crippen molar-refractivity contribution in [1.82, 2.24) is 14.3 Å². The minimum absolute atomic E-state index is 0.175. The van der Waals surface area contributed by atoms with Crippen molar-refractivity contribution in [2.45, 2.75) is 12.8 Å². The second kappa shape index (κ2) is 9.53. The molecule has 3 aromatic rings. The Morgan fingerprint density at radius 2 is 2.00 bits per heavy atom. The van der Waals surface area contributed by atoms with Gasteiger partial charge in [-0.25, -0.2) is 14.2 Å². The van der Waals surface area contributed by atoms with E-state index in [-0.39, 0.29) is 11.8 Å². The Labute approximate surface area is 183 Å². The van der Waals surface area contributed by atoms with Crippen LogP contribution in [0, 0.1) is 17.1 Å². The van der Waals surface area contributed by atoms with Gasteiger partial charge in [-0.1, -0.05) is 18.2 Å². The van der Waals surface area contributed by atoms with E-state index in [1.54, 1.807) is 41.3 Å². The highest BCUT2D eigenvalue weighted by Gasteiger charge is 2.21. The van der Waals surface area contributed by atoms with Crippen LogP contribution in [0.2, 0.25) is 0 Å². The molecule has 0 radical (unpaired) electrons. The van der Waals surface area contributed by atoms with Gasteiger partial charge in [-0.3, -0.25) is 0 Å². The standard InChI is InChI=1S/C22H21FN6OS/c23-18-7-5-16(6-8-18)14-20-26-22(31-27-20)29-10-2-9-28(11-12-29)21(30)25-19-4-1-3-17(13-19)15-24/h1,3-8,13H,2,9-12,14H2,(H,25,30). The number of urea groups is 1. The Balaban J connectivity index is 1.34. The minimum Gasteiger partial charge on any atom is -0.345 e. The van der Waals surface area contributed by atoms with Gasteiger partial charge in [0, 0.05) is 49.8 Å². The van der Waals surface area contributed by atoms with Gasteiger partial charge in [0.1, 0.15) is 11.6 Å². The molecule has 1 fully saturated rings. The number of nitrogens with one attached hydrogen (secondary N) is 1. The predicted octanol–water partition coefficient (Wildman–Crippen LogP) is 3.88. The molecule has 1 aliphatic rings. The van der Waals surface area contributed by atoms with Crippen LogP contribution >= 0.6 is 11.5 Å². The molecule has 0 bridgehead atoms. The first-order chi connectivity index (χ1) is 15.1. The van der Waals surface area contributed by atoms with E-state index in [4.69, 9.17) is 5.26 Å². The number of carbonyl (C=O) groups excluding carboxylic acids is 1. The van der Waals surface area contributed by atoms with Crippen molar-refractivity contribution < 1.29 is 9.18 Å². The molecule has 0 unspecified atom stereocenters. The number of benzene rings is 2. The molecule has 158 valence electrons. The summed E-state index contributed by atoms with van der Waals surface area (Å²) < 4.78 is 17.5. The van der Waals surface area contributed by atoms with Crippen molar-refractivity contribution in [3.63, 3.8) is 0 Å². The molecule has 2 amide bonds. The number of hydrogen-bond donors (Lipinski definition) is 1. The zero-order valence-electron chi connectivity index (χ0n) is 16.8. The van der Waals surface area contributed by atoms with Crippen molar-refractivity contribution in [3.05, 3.63) is 71.3 Å². The van der Waals surface area contributed by atoms with Crippen LogP contribution in [0.4, 0.5) is 20.0 Å². The quantitative estimate of drug-likeness (QED) is 0.671. The molecular weight excluding hydrogens is 415 g/mol. The zero-order chi connectivity index (χ0) is 21.6. The summed E-state index contributed by atoms with van der Waals surface area (Å²) in [6, 6.07) is 15.1. The summed E-state index contributed by atoms with van der Waals surface area (Å²) in [4.78, 5) is 21.2. The Morgan fingerprint density at radius 3 is 2.81 bits per heavy atom. The fourth-order valence-corrected chi connectivity index (χ4v) is 4.15. The molecule has 31 heavy (non-hydrogen) atoms. The lowest BCUT2D eigenvalue weighted by molar-refractivity contribution is 0.215. The molecule has 0 saturated carbocycles. The van der Waals surface area contributed by atoms with E-state index in [9.17, 15) is 9.18 Å². The van der Waals surface area contributed by atoms with Gasteiger partial charge < -0.3 is 15.1 Å². The number of anilines is 2. The number of amides is 2. The molecule has 1 aromatic heterocycles. The monoisotopic (exact) mass is 436 g/mol. The van der Waals surface area contributed by atoms with Gasteiger partial charge >= 0.3 is 6.03 Å². The first-order valence-corrected chi connectivity index (χ1v) is 10.8. The number of rotatable bonds is 4. The molecule has 1 N–H and O–H groups in total. The van der Waals surface area contributed by atoms with E-state index < -0.39 is 0 Å². The lowest BCUT2D eigenvalue weighted by Gasteiger charge is -2.22. The largest absolute Gasteiger partial charge is 0.345 e. The maximum Gasteiger partial charge on any atom is 0.321 e. The minimum atomic E-state index is -0.258. The molecule has 2 aromatic carbocycles. The van der Waals surface area contributed by atoms with Crippen LogP contribution in [0.25, 0.3) is 0 Å². The van der Waals surface area contributed by atoms with Crippen LogP contribution in [-0.4, -0.2) is 46.5 Å². The van der Waals surface area contributed by atoms with E-state index in [0.717, 1.165) is 23.7 Å². The summed E-state index contributed by atoms with van der Waals surface area (Å²) in [5.41, 5.74) is 2.08. The normalized spacial score (nSPS) is 14.1. The van der Waals surface area contributed by atoms with E-state index >= 15 is 0 Å². The average molecular weight is 437 g/mol. The molecule has 1 aliphatic heterocycles. The van der Waals surface area contributed by atoms with Gasteiger partial charge in [-0.05, 0) is 42.3 Å². The zero-order valence-corrected chi connectivity index (χ0v) is 17.6. The highest BCUT2D eigenvalue weighted by atomic mass is 32.1. The summed E-state index contributed by atoms with van der Waals surface area (Å²) in [7, 11) is 0. The van der Waals surface area contributed by atoms with Crippen LogP contribution in [0.15, 0.2) is 48.5 Å². The average Bonchev–Trinajstić information content (AvgIpc) is 3.10. The topological polar surface area (TPSA) is 85.2 Å². The van der Waals surface area contributed by atoms with Crippen molar-refractivity contribution in [1.29, 1.82) is 5.26 Å².